The molecule has 2 aromatic carbocycles. The van der Waals surface area contributed by atoms with Gasteiger partial charge in [0.2, 0.25) is 0 Å². The lowest BCUT2D eigenvalue weighted by atomic mass is 10.0. The fourth-order valence-corrected chi connectivity index (χ4v) is 3.13. The van der Waals surface area contributed by atoms with Crippen LogP contribution >= 0.6 is 0 Å². The van der Waals surface area contributed by atoms with Crippen molar-refractivity contribution in [3.05, 3.63) is 77.7 Å². The van der Waals surface area contributed by atoms with Gasteiger partial charge >= 0.3 is 0 Å². The highest BCUT2D eigenvalue weighted by molar-refractivity contribution is 5.70. The first-order valence-corrected chi connectivity index (χ1v) is 8.27. The summed E-state index contributed by atoms with van der Waals surface area (Å²) < 4.78 is 7.11. The number of aryl methyl sites for hydroxylation is 3. The average molecular weight is 329 g/mol. The maximum atomic E-state index is 5.04. The molecule has 2 heterocycles. The first kappa shape index (κ1) is 15.4. The lowest BCUT2D eigenvalue weighted by Crippen LogP contribution is -1.96. The van der Waals surface area contributed by atoms with Gasteiger partial charge in [-0.3, -0.25) is 4.57 Å². The van der Waals surface area contributed by atoms with Crippen molar-refractivity contribution < 1.29 is 4.52 Å². The van der Waals surface area contributed by atoms with Crippen LogP contribution in [0.5, 0.6) is 0 Å². The predicted molar refractivity (Wildman–Crippen MR) is 98.7 cm³/mol. The van der Waals surface area contributed by atoms with Crippen LogP contribution in [0.4, 0.5) is 0 Å². The van der Waals surface area contributed by atoms with Crippen LogP contribution in [0, 0.1) is 20.8 Å². The Bertz CT molecular complexity index is 992. The smallest absolute Gasteiger partial charge is 0.167 e. The van der Waals surface area contributed by atoms with Crippen molar-refractivity contribution in [3.63, 3.8) is 0 Å². The summed E-state index contributed by atoms with van der Waals surface area (Å²) in [4.78, 5) is 4.88. The lowest BCUT2D eigenvalue weighted by Gasteiger charge is -2.07. The number of aromatic nitrogens is 3. The Balaban J connectivity index is 1.94. The number of imidazole rings is 1. The molecular formula is C21H19N3O. The standard InChI is InChI=1S/C21H19N3O/c1-14-7-9-17(10-8-14)24-13-19(20-15(2)5-4-6-16(20)3)22-21(24)18-11-12-25-23-18/h4-13H,1-3H3. The zero-order chi connectivity index (χ0) is 17.4. The van der Waals surface area contributed by atoms with Gasteiger partial charge in [0.25, 0.3) is 0 Å². The maximum Gasteiger partial charge on any atom is 0.167 e. The Morgan fingerprint density at radius 2 is 1.56 bits per heavy atom. The maximum absolute atomic E-state index is 5.04. The Morgan fingerprint density at radius 3 is 2.20 bits per heavy atom. The van der Waals surface area contributed by atoms with Gasteiger partial charge in [-0.1, -0.05) is 41.1 Å². The molecule has 0 fully saturated rings. The highest BCUT2D eigenvalue weighted by Gasteiger charge is 2.17. The van der Waals surface area contributed by atoms with Gasteiger partial charge in [0.05, 0.1) is 5.69 Å². The van der Waals surface area contributed by atoms with Gasteiger partial charge in [-0.15, -0.1) is 0 Å². The van der Waals surface area contributed by atoms with Gasteiger partial charge in [-0.2, -0.15) is 0 Å². The first-order chi connectivity index (χ1) is 12.1. The molecule has 124 valence electrons. The first-order valence-electron chi connectivity index (χ1n) is 8.27. The van der Waals surface area contributed by atoms with Crippen LogP contribution in [0.25, 0.3) is 28.5 Å². The summed E-state index contributed by atoms with van der Waals surface area (Å²) in [6.45, 7) is 6.31. The molecule has 0 N–H and O–H groups in total. The van der Waals surface area contributed by atoms with Crippen molar-refractivity contribution in [1.29, 1.82) is 0 Å². The van der Waals surface area contributed by atoms with Crippen LogP contribution in [0.1, 0.15) is 16.7 Å². The summed E-state index contributed by atoms with van der Waals surface area (Å²) in [5.74, 6) is 0.773. The summed E-state index contributed by atoms with van der Waals surface area (Å²) in [6, 6.07) is 16.5. The zero-order valence-electron chi connectivity index (χ0n) is 14.5. The van der Waals surface area contributed by atoms with E-state index in [1.165, 1.54) is 16.7 Å². The van der Waals surface area contributed by atoms with E-state index in [2.05, 4.69) is 79.2 Å². The van der Waals surface area contributed by atoms with Crippen molar-refractivity contribution >= 4 is 0 Å². The minimum Gasteiger partial charge on any atom is -0.364 e. The van der Waals surface area contributed by atoms with E-state index in [1.54, 1.807) is 6.26 Å². The van der Waals surface area contributed by atoms with Crippen LogP contribution in [-0.4, -0.2) is 14.7 Å². The SMILES string of the molecule is Cc1ccc(-n2cc(-c3c(C)cccc3C)nc2-c2ccon2)cc1. The van der Waals surface area contributed by atoms with Crippen LogP contribution < -0.4 is 0 Å². The molecule has 25 heavy (non-hydrogen) atoms. The monoisotopic (exact) mass is 329 g/mol. The van der Waals surface area contributed by atoms with Gasteiger partial charge in [-0.25, -0.2) is 4.98 Å². The van der Waals surface area contributed by atoms with Crippen molar-refractivity contribution in [3.8, 4) is 28.5 Å². The third-order valence-corrected chi connectivity index (χ3v) is 4.42. The molecule has 4 heteroatoms. The molecule has 0 atom stereocenters. The lowest BCUT2D eigenvalue weighted by molar-refractivity contribution is 0.421. The topological polar surface area (TPSA) is 43.9 Å². The Kier molecular flexibility index (Phi) is 3.73. The number of nitrogens with zero attached hydrogens (tertiary/aromatic N) is 3. The fourth-order valence-electron chi connectivity index (χ4n) is 3.13. The van der Waals surface area contributed by atoms with Crippen molar-refractivity contribution in [2.24, 2.45) is 0 Å². The molecule has 4 nitrogen and oxygen atoms in total. The average Bonchev–Trinajstić information content (AvgIpc) is 3.25. The third kappa shape index (κ3) is 2.76. The molecule has 0 spiro atoms. The summed E-state index contributed by atoms with van der Waals surface area (Å²) in [5.41, 5.74) is 7.52. The van der Waals surface area contributed by atoms with Gasteiger partial charge < -0.3 is 4.52 Å². The molecule has 4 aromatic rings. The summed E-state index contributed by atoms with van der Waals surface area (Å²) >= 11 is 0. The van der Waals surface area contributed by atoms with Crippen molar-refractivity contribution in [2.45, 2.75) is 20.8 Å². The van der Waals surface area contributed by atoms with Crippen molar-refractivity contribution in [1.82, 2.24) is 14.7 Å². The van der Waals surface area contributed by atoms with Crippen LogP contribution in [0.3, 0.4) is 0 Å². The van der Waals surface area contributed by atoms with Crippen molar-refractivity contribution in [2.75, 3.05) is 0 Å². The fraction of sp³-hybridized carbons (Fsp3) is 0.143. The zero-order valence-corrected chi connectivity index (χ0v) is 14.5. The third-order valence-electron chi connectivity index (χ3n) is 4.42. The van der Waals surface area contributed by atoms with Crippen LogP contribution in [-0.2, 0) is 0 Å². The number of hydrogen-bond acceptors (Lipinski definition) is 3. The largest absolute Gasteiger partial charge is 0.364 e. The molecule has 0 bridgehead atoms. The minimum atomic E-state index is 0.720. The number of benzene rings is 2. The molecule has 0 saturated heterocycles. The Hall–Kier alpha value is -3.14. The molecule has 4 rings (SSSR count). The number of hydrogen-bond donors (Lipinski definition) is 0. The predicted octanol–water partition coefficient (Wildman–Crippen LogP) is 5.12. The molecule has 0 unspecified atom stereocenters. The van der Waals surface area contributed by atoms with Gasteiger partial charge in [0.1, 0.15) is 12.0 Å². The quantitative estimate of drug-likeness (QED) is 0.524. The molecule has 0 radical (unpaired) electrons. The van der Waals surface area contributed by atoms with Crippen LogP contribution in [0.15, 0.2) is 65.5 Å². The second-order valence-electron chi connectivity index (χ2n) is 6.31. The molecule has 0 aliphatic carbocycles. The second-order valence-corrected chi connectivity index (χ2v) is 6.31. The van der Waals surface area contributed by atoms with E-state index in [0.717, 1.165) is 28.5 Å². The van der Waals surface area contributed by atoms with Crippen LogP contribution in [0.2, 0.25) is 0 Å². The summed E-state index contributed by atoms with van der Waals surface area (Å²) in [7, 11) is 0. The summed E-state index contributed by atoms with van der Waals surface area (Å²) in [5, 5.41) is 4.08. The van der Waals surface area contributed by atoms with E-state index in [4.69, 9.17) is 9.51 Å². The molecule has 0 saturated carbocycles. The minimum absolute atomic E-state index is 0.720. The van der Waals surface area contributed by atoms with Gasteiger partial charge in [0, 0.05) is 23.5 Å². The molecule has 0 amide bonds. The molecule has 0 aliphatic rings. The highest BCUT2D eigenvalue weighted by atomic mass is 16.5. The molecule has 2 aromatic heterocycles. The Morgan fingerprint density at radius 1 is 0.840 bits per heavy atom. The van der Waals surface area contributed by atoms with Gasteiger partial charge in [0.15, 0.2) is 5.82 Å². The Labute approximate surface area is 146 Å². The van der Waals surface area contributed by atoms with E-state index in [1.807, 2.05) is 6.07 Å². The van der Waals surface area contributed by atoms with E-state index in [0.29, 0.717) is 0 Å². The number of rotatable bonds is 3. The molecular weight excluding hydrogens is 310 g/mol. The van der Waals surface area contributed by atoms with E-state index in [-0.39, 0.29) is 0 Å². The van der Waals surface area contributed by atoms with E-state index in [9.17, 15) is 0 Å². The second kappa shape index (κ2) is 6.06. The molecule has 0 aliphatic heterocycles. The van der Waals surface area contributed by atoms with E-state index < -0.39 is 0 Å². The normalized spacial score (nSPS) is 11.0. The van der Waals surface area contributed by atoms with Gasteiger partial charge in [-0.05, 0) is 44.0 Å². The highest BCUT2D eigenvalue weighted by Crippen LogP contribution is 2.30. The van der Waals surface area contributed by atoms with E-state index >= 15 is 0 Å². The summed E-state index contributed by atoms with van der Waals surface area (Å²) in [6.07, 6.45) is 3.65.